The Hall–Kier alpha value is -2.42. The fraction of sp³-hybridized carbons (Fsp3) is 0.176. The van der Waals surface area contributed by atoms with Gasteiger partial charge < -0.3 is 0 Å². The molecule has 20 heavy (non-hydrogen) atoms. The molecule has 0 saturated heterocycles. The van der Waals surface area contributed by atoms with Gasteiger partial charge in [0.25, 0.3) is 0 Å². The summed E-state index contributed by atoms with van der Waals surface area (Å²) in [7, 11) is 0. The largest absolute Gasteiger partial charge is 0.238 e. The summed E-state index contributed by atoms with van der Waals surface area (Å²) in [6, 6.07) is 18.8. The molecule has 0 spiro atoms. The summed E-state index contributed by atoms with van der Waals surface area (Å²) in [5.74, 6) is 0. The van der Waals surface area contributed by atoms with Gasteiger partial charge in [0.2, 0.25) is 0 Å². The summed E-state index contributed by atoms with van der Waals surface area (Å²) in [5, 5.41) is 4.39. The van der Waals surface area contributed by atoms with Crippen molar-refractivity contribution in [2.45, 2.75) is 19.4 Å². The first-order chi connectivity index (χ1) is 9.73. The average molecular weight is 263 g/mol. The van der Waals surface area contributed by atoms with Crippen molar-refractivity contribution in [3.8, 4) is 0 Å². The van der Waals surface area contributed by atoms with Gasteiger partial charge in [-0.25, -0.2) is 9.67 Å². The van der Waals surface area contributed by atoms with Gasteiger partial charge in [-0.2, -0.15) is 5.10 Å². The molecule has 0 aliphatic rings. The van der Waals surface area contributed by atoms with E-state index >= 15 is 0 Å². The van der Waals surface area contributed by atoms with Crippen LogP contribution >= 0.6 is 0 Å². The lowest BCUT2D eigenvalue weighted by molar-refractivity contribution is 0.422. The second kappa shape index (κ2) is 4.93. The molecule has 0 N–H and O–H groups in total. The van der Waals surface area contributed by atoms with Gasteiger partial charge in [-0.05, 0) is 30.5 Å². The van der Waals surface area contributed by atoms with Crippen LogP contribution in [0.15, 0.2) is 67.3 Å². The van der Waals surface area contributed by atoms with Crippen molar-refractivity contribution < 1.29 is 0 Å². The third-order valence-corrected chi connectivity index (χ3v) is 3.88. The number of aryl methyl sites for hydroxylation is 1. The molecule has 0 amide bonds. The van der Waals surface area contributed by atoms with Gasteiger partial charge >= 0.3 is 0 Å². The van der Waals surface area contributed by atoms with Crippen LogP contribution in [-0.2, 0) is 5.54 Å². The molecule has 3 rings (SSSR count). The third-order valence-electron chi connectivity index (χ3n) is 3.88. The molecule has 3 heteroatoms. The second-order valence-electron chi connectivity index (χ2n) is 5.09. The molecule has 0 radical (unpaired) electrons. The van der Waals surface area contributed by atoms with E-state index in [4.69, 9.17) is 0 Å². The summed E-state index contributed by atoms with van der Waals surface area (Å²) in [5.41, 5.74) is 3.31. The number of benzene rings is 2. The van der Waals surface area contributed by atoms with Gasteiger partial charge in [-0.15, -0.1) is 0 Å². The molecular weight excluding hydrogens is 246 g/mol. The van der Waals surface area contributed by atoms with E-state index in [1.165, 1.54) is 16.7 Å². The highest BCUT2D eigenvalue weighted by atomic mass is 15.4. The lowest BCUT2D eigenvalue weighted by atomic mass is 9.82. The minimum Gasteiger partial charge on any atom is -0.238 e. The molecule has 0 aliphatic heterocycles. The predicted molar refractivity (Wildman–Crippen MR) is 79.5 cm³/mol. The highest BCUT2D eigenvalue weighted by Gasteiger charge is 2.32. The summed E-state index contributed by atoms with van der Waals surface area (Å²) in [6.07, 6.45) is 3.36. The summed E-state index contributed by atoms with van der Waals surface area (Å²) in [6.45, 7) is 4.31. The Morgan fingerprint density at radius 3 is 2.30 bits per heavy atom. The van der Waals surface area contributed by atoms with Gasteiger partial charge in [0.1, 0.15) is 18.2 Å². The number of nitrogens with zero attached hydrogens (tertiary/aromatic N) is 3. The number of hydrogen-bond acceptors (Lipinski definition) is 2. The molecule has 100 valence electrons. The van der Waals surface area contributed by atoms with E-state index < -0.39 is 0 Å². The fourth-order valence-corrected chi connectivity index (χ4v) is 2.73. The molecule has 2 aromatic carbocycles. The van der Waals surface area contributed by atoms with Crippen LogP contribution in [0.1, 0.15) is 23.6 Å². The summed E-state index contributed by atoms with van der Waals surface area (Å²) >= 11 is 0. The van der Waals surface area contributed by atoms with E-state index in [2.05, 4.69) is 72.5 Å². The Morgan fingerprint density at radius 2 is 1.65 bits per heavy atom. The fourth-order valence-electron chi connectivity index (χ4n) is 2.73. The highest BCUT2D eigenvalue weighted by Crippen LogP contribution is 2.34. The van der Waals surface area contributed by atoms with Gasteiger partial charge in [-0.3, -0.25) is 0 Å². The first-order valence-electron chi connectivity index (χ1n) is 6.69. The molecule has 1 heterocycles. The minimum atomic E-state index is -0.358. The number of hydrogen-bond donors (Lipinski definition) is 0. The van der Waals surface area contributed by atoms with Crippen LogP contribution in [-0.4, -0.2) is 14.8 Å². The van der Waals surface area contributed by atoms with Crippen molar-refractivity contribution in [3.63, 3.8) is 0 Å². The highest BCUT2D eigenvalue weighted by molar-refractivity contribution is 5.42. The maximum absolute atomic E-state index is 4.39. The lowest BCUT2D eigenvalue weighted by Crippen LogP contribution is -2.34. The van der Waals surface area contributed by atoms with Gasteiger partial charge in [0, 0.05) is 0 Å². The molecule has 3 nitrogen and oxygen atoms in total. The standard InChI is InChI=1S/C17H17N3/c1-14-8-6-7-11-16(14)17(2,20-13-18-12-19-20)15-9-4-3-5-10-15/h3-13H,1-2H3. The smallest absolute Gasteiger partial charge is 0.137 e. The van der Waals surface area contributed by atoms with Crippen molar-refractivity contribution in [2.75, 3.05) is 0 Å². The first-order valence-corrected chi connectivity index (χ1v) is 6.69. The van der Waals surface area contributed by atoms with Crippen LogP contribution in [0, 0.1) is 6.92 Å². The second-order valence-corrected chi connectivity index (χ2v) is 5.09. The zero-order chi connectivity index (χ0) is 14.0. The van der Waals surface area contributed by atoms with E-state index in [1.54, 1.807) is 12.7 Å². The Kier molecular flexibility index (Phi) is 3.11. The van der Waals surface area contributed by atoms with Crippen molar-refractivity contribution in [1.82, 2.24) is 14.8 Å². The predicted octanol–water partition coefficient (Wildman–Crippen LogP) is 3.40. The third kappa shape index (κ3) is 1.92. The van der Waals surface area contributed by atoms with E-state index in [0.29, 0.717) is 0 Å². The molecule has 3 aromatic rings. The van der Waals surface area contributed by atoms with Crippen LogP contribution < -0.4 is 0 Å². The van der Waals surface area contributed by atoms with Crippen molar-refractivity contribution >= 4 is 0 Å². The molecular formula is C17H17N3. The Labute approximate surface area is 118 Å². The van der Waals surface area contributed by atoms with Crippen LogP contribution in [0.4, 0.5) is 0 Å². The molecule has 0 bridgehead atoms. The van der Waals surface area contributed by atoms with Gasteiger partial charge in [0.15, 0.2) is 0 Å². The van der Waals surface area contributed by atoms with Crippen molar-refractivity contribution in [2.24, 2.45) is 0 Å². The monoisotopic (exact) mass is 263 g/mol. The Balaban J connectivity index is 2.28. The molecule has 0 aliphatic carbocycles. The quantitative estimate of drug-likeness (QED) is 0.725. The van der Waals surface area contributed by atoms with Crippen molar-refractivity contribution in [1.29, 1.82) is 0 Å². The van der Waals surface area contributed by atoms with Gasteiger partial charge in [-0.1, -0.05) is 54.6 Å². The van der Waals surface area contributed by atoms with Crippen LogP contribution in [0.2, 0.25) is 0 Å². The Morgan fingerprint density at radius 1 is 0.950 bits per heavy atom. The maximum Gasteiger partial charge on any atom is 0.137 e. The van der Waals surface area contributed by atoms with Crippen LogP contribution in [0.3, 0.4) is 0 Å². The molecule has 0 saturated carbocycles. The zero-order valence-electron chi connectivity index (χ0n) is 11.7. The normalized spacial score (nSPS) is 13.9. The van der Waals surface area contributed by atoms with E-state index in [9.17, 15) is 0 Å². The molecule has 0 fully saturated rings. The summed E-state index contributed by atoms with van der Waals surface area (Å²) < 4.78 is 1.92. The Bertz CT molecular complexity index is 689. The number of aromatic nitrogens is 3. The molecule has 1 aromatic heterocycles. The van der Waals surface area contributed by atoms with Crippen LogP contribution in [0.5, 0.6) is 0 Å². The maximum atomic E-state index is 4.39. The van der Waals surface area contributed by atoms with Gasteiger partial charge in [0.05, 0.1) is 0 Å². The van der Waals surface area contributed by atoms with E-state index in [-0.39, 0.29) is 5.54 Å². The number of rotatable bonds is 3. The minimum absolute atomic E-state index is 0.358. The zero-order valence-corrected chi connectivity index (χ0v) is 11.7. The molecule has 1 unspecified atom stereocenters. The SMILES string of the molecule is Cc1ccccc1C(C)(c1ccccc1)n1cncn1. The molecule has 1 atom stereocenters. The first kappa shape index (κ1) is 12.6. The van der Waals surface area contributed by atoms with Crippen molar-refractivity contribution in [3.05, 3.63) is 83.9 Å². The van der Waals surface area contributed by atoms with Crippen LogP contribution in [0.25, 0.3) is 0 Å². The average Bonchev–Trinajstić information content (AvgIpc) is 3.03. The lowest BCUT2D eigenvalue weighted by Gasteiger charge is -2.32. The topological polar surface area (TPSA) is 30.7 Å². The summed E-state index contributed by atoms with van der Waals surface area (Å²) in [4.78, 5) is 4.12. The van der Waals surface area contributed by atoms with E-state index in [0.717, 1.165) is 0 Å². The van der Waals surface area contributed by atoms with E-state index in [1.807, 2.05) is 10.7 Å².